The lowest BCUT2D eigenvalue weighted by Gasteiger charge is -2.28. The summed E-state index contributed by atoms with van der Waals surface area (Å²) in [6.07, 6.45) is 1.40. The number of hydrogen-bond donors (Lipinski definition) is 2. The molecule has 2 atom stereocenters. The van der Waals surface area contributed by atoms with Crippen molar-refractivity contribution in [3.63, 3.8) is 0 Å². The van der Waals surface area contributed by atoms with Crippen LogP contribution in [0.3, 0.4) is 0 Å². The number of anilines is 1. The predicted molar refractivity (Wildman–Crippen MR) is 69.2 cm³/mol. The molecule has 0 aliphatic carbocycles. The van der Waals surface area contributed by atoms with E-state index in [2.05, 4.69) is 11.0 Å². The van der Waals surface area contributed by atoms with E-state index in [-0.39, 0.29) is 12.6 Å². The molecule has 0 aromatic heterocycles. The maximum absolute atomic E-state index is 9.82. The SMILES string of the molecule is C[C@H](O)c1ccc(C#N)cc1N1CCCC1CO. The summed E-state index contributed by atoms with van der Waals surface area (Å²) in [6.45, 7) is 2.69. The summed E-state index contributed by atoms with van der Waals surface area (Å²) in [5.41, 5.74) is 2.27. The Kier molecular flexibility index (Phi) is 3.85. The lowest BCUT2D eigenvalue weighted by molar-refractivity contribution is 0.199. The molecule has 0 radical (unpaired) electrons. The van der Waals surface area contributed by atoms with Crippen molar-refractivity contribution in [3.8, 4) is 6.07 Å². The van der Waals surface area contributed by atoms with Crippen LogP contribution in [0.2, 0.25) is 0 Å². The number of hydrogen-bond acceptors (Lipinski definition) is 4. The summed E-state index contributed by atoms with van der Waals surface area (Å²) in [6, 6.07) is 7.53. The van der Waals surface area contributed by atoms with Crippen LogP contribution in [0.15, 0.2) is 18.2 Å². The molecule has 0 spiro atoms. The van der Waals surface area contributed by atoms with Crippen molar-refractivity contribution in [2.45, 2.75) is 31.9 Å². The van der Waals surface area contributed by atoms with E-state index in [9.17, 15) is 10.2 Å². The molecule has 1 aromatic rings. The van der Waals surface area contributed by atoms with Gasteiger partial charge in [-0.15, -0.1) is 0 Å². The smallest absolute Gasteiger partial charge is 0.0992 e. The Hall–Kier alpha value is -1.57. The zero-order chi connectivity index (χ0) is 13.1. The lowest BCUT2D eigenvalue weighted by Crippen LogP contribution is -2.33. The Balaban J connectivity index is 2.43. The van der Waals surface area contributed by atoms with Gasteiger partial charge in [-0.3, -0.25) is 0 Å². The summed E-state index contributed by atoms with van der Waals surface area (Å²) in [7, 11) is 0. The average molecular weight is 246 g/mol. The van der Waals surface area contributed by atoms with Gasteiger partial charge in [-0.25, -0.2) is 0 Å². The quantitative estimate of drug-likeness (QED) is 0.849. The Bertz CT molecular complexity index is 465. The van der Waals surface area contributed by atoms with Crippen LogP contribution in [0, 0.1) is 11.3 Å². The van der Waals surface area contributed by atoms with Crippen LogP contribution in [0.1, 0.15) is 37.0 Å². The molecule has 4 heteroatoms. The fraction of sp³-hybridized carbons (Fsp3) is 0.500. The highest BCUT2D eigenvalue weighted by molar-refractivity contribution is 5.59. The molecule has 18 heavy (non-hydrogen) atoms. The largest absolute Gasteiger partial charge is 0.394 e. The molecule has 0 saturated carbocycles. The maximum Gasteiger partial charge on any atom is 0.0992 e. The van der Waals surface area contributed by atoms with Crippen molar-refractivity contribution < 1.29 is 10.2 Å². The van der Waals surface area contributed by atoms with E-state index in [4.69, 9.17) is 5.26 Å². The highest BCUT2D eigenvalue weighted by atomic mass is 16.3. The van der Waals surface area contributed by atoms with Crippen LogP contribution in [-0.2, 0) is 0 Å². The van der Waals surface area contributed by atoms with Gasteiger partial charge in [-0.1, -0.05) is 6.07 Å². The van der Waals surface area contributed by atoms with Crippen molar-refractivity contribution in [1.82, 2.24) is 0 Å². The Labute approximate surface area is 107 Å². The Morgan fingerprint density at radius 1 is 1.56 bits per heavy atom. The third-order valence-corrected chi connectivity index (χ3v) is 3.51. The minimum absolute atomic E-state index is 0.0939. The first kappa shape index (κ1) is 12.9. The summed E-state index contributed by atoms with van der Waals surface area (Å²) >= 11 is 0. The normalized spacial score (nSPS) is 20.8. The molecule has 1 unspecified atom stereocenters. The van der Waals surface area contributed by atoms with Crippen molar-refractivity contribution >= 4 is 5.69 Å². The van der Waals surface area contributed by atoms with Gasteiger partial charge in [0.25, 0.3) is 0 Å². The first-order valence-corrected chi connectivity index (χ1v) is 6.27. The van der Waals surface area contributed by atoms with Crippen molar-refractivity contribution in [2.24, 2.45) is 0 Å². The number of aliphatic hydroxyl groups excluding tert-OH is 2. The topological polar surface area (TPSA) is 67.5 Å². The van der Waals surface area contributed by atoms with E-state index in [0.29, 0.717) is 5.56 Å². The molecule has 4 nitrogen and oxygen atoms in total. The monoisotopic (exact) mass is 246 g/mol. The molecule has 2 rings (SSSR count). The highest BCUT2D eigenvalue weighted by Gasteiger charge is 2.26. The van der Waals surface area contributed by atoms with Gasteiger partial charge >= 0.3 is 0 Å². The maximum atomic E-state index is 9.82. The molecule has 1 saturated heterocycles. The zero-order valence-electron chi connectivity index (χ0n) is 10.5. The fourth-order valence-corrected chi connectivity index (χ4v) is 2.56. The van der Waals surface area contributed by atoms with E-state index < -0.39 is 6.10 Å². The Morgan fingerprint density at radius 3 is 2.94 bits per heavy atom. The summed E-state index contributed by atoms with van der Waals surface area (Å²) in [5.74, 6) is 0. The van der Waals surface area contributed by atoms with Crippen LogP contribution < -0.4 is 4.90 Å². The second-order valence-corrected chi connectivity index (χ2v) is 4.73. The molecule has 1 fully saturated rings. The minimum Gasteiger partial charge on any atom is -0.394 e. The molecular weight excluding hydrogens is 228 g/mol. The van der Waals surface area contributed by atoms with Gasteiger partial charge in [0.15, 0.2) is 0 Å². The highest BCUT2D eigenvalue weighted by Crippen LogP contribution is 2.32. The van der Waals surface area contributed by atoms with Crippen LogP contribution in [0.5, 0.6) is 0 Å². The number of nitriles is 1. The van der Waals surface area contributed by atoms with Crippen LogP contribution in [0.25, 0.3) is 0 Å². The van der Waals surface area contributed by atoms with E-state index in [1.165, 1.54) is 0 Å². The number of rotatable bonds is 3. The average Bonchev–Trinajstić information content (AvgIpc) is 2.85. The predicted octanol–water partition coefficient (Wildman–Crippen LogP) is 1.57. The minimum atomic E-state index is -0.576. The standard InChI is InChI=1S/C14H18N2O2/c1-10(18)13-5-4-11(8-15)7-14(13)16-6-2-3-12(16)9-17/h4-5,7,10,12,17-18H,2-3,6,9H2,1H3/t10-,12?/m0/s1. The molecule has 96 valence electrons. The van der Waals surface area contributed by atoms with Crippen molar-refractivity contribution in [1.29, 1.82) is 5.26 Å². The number of nitrogens with zero attached hydrogens (tertiary/aromatic N) is 2. The molecule has 1 heterocycles. The summed E-state index contributed by atoms with van der Waals surface area (Å²) in [5, 5.41) is 28.2. The van der Waals surface area contributed by atoms with Crippen LogP contribution in [-0.4, -0.2) is 29.4 Å². The number of aliphatic hydroxyl groups is 2. The zero-order valence-corrected chi connectivity index (χ0v) is 10.5. The van der Waals surface area contributed by atoms with Gasteiger partial charge in [0.2, 0.25) is 0 Å². The molecule has 2 N–H and O–H groups in total. The second kappa shape index (κ2) is 5.38. The van der Waals surface area contributed by atoms with E-state index in [0.717, 1.165) is 30.6 Å². The van der Waals surface area contributed by atoms with Gasteiger partial charge in [-0.05, 0) is 31.9 Å². The molecule has 1 aliphatic heterocycles. The summed E-state index contributed by atoms with van der Waals surface area (Å²) < 4.78 is 0. The molecule has 1 aromatic carbocycles. The van der Waals surface area contributed by atoms with Gasteiger partial charge < -0.3 is 15.1 Å². The van der Waals surface area contributed by atoms with Gasteiger partial charge in [0, 0.05) is 17.8 Å². The second-order valence-electron chi connectivity index (χ2n) is 4.73. The van der Waals surface area contributed by atoms with Crippen molar-refractivity contribution in [3.05, 3.63) is 29.3 Å². The van der Waals surface area contributed by atoms with E-state index >= 15 is 0 Å². The van der Waals surface area contributed by atoms with Crippen molar-refractivity contribution in [2.75, 3.05) is 18.1 Å². The lowest BCUT2D eigenvalue weighted by atomic mass is 10.0. The first-order chi connectivity index (χ1) is 8.67. The molecule has 0 bridgehead atoms. The third-order valence-electron chi connectivity index (χ3n) is 3.51. The molecular formula is C14H18N2O2. The number of benzene rings is 1. The van der Waals surface area contributed by atoms with E-state index in [1.807, 2.05) is 0 Å². The van der Waals surface area contributed by atoms with Gasteiger partial charge in [0.1, 0.15) is 0 Å². The fourth-order valence-electron chi connectivity index (χ4n) is 2.56. The van der Waals surface area contributed by atoms with Gasteiger partial charge in [-0.2, -0.15) is 5.26 Å². The van der Waals surface area contributed by atoms with E-state index in [1.54, 1.807) is 25.1 Å². The molecule has 1 aliphatic rings. The third kappa shape index (κ3) is 2.33. The molecule has 0 amide bonds. The first-order valence-electron chi connectivity index (χ1n) is 6.27. The van der Waals surface area contributed by atoms with Crippen LogP contribution in [0.4, 0.5) is 5.69 Å². The van der Waals surface area contributed by atoms with Crippen LogP contribution >= 0.6 is 0 Å². The summed E-state index contributed by atoms with van der Waals surface area (Å²) in [4.78, 5) is 2.10. The Morgan fingerprint density at radius 2 is 2.33 bits per heavy atom. The van der Waals surface area contributed by atoms with Gasteiger partial charge in [0.05, 0.1) is 30.4 Å².